The maximum atomic E-state index is 10.7. The third-order valence-electron chi connectivity index (χ3n) is 3.11. The van der Waals surface area contributed by atoms with Gasteiger partial charge in [0.2, 0.25) is 0 Å². The zero-order chi connectivity index (χ0) is 13.0. The van der Waals surface area contributed by atoms with Gasteiger partial charge < -0.3 is 9.69 Å². The molecule has 1 saturated heterocycles. The van der Waals surface area contributed by atoms with Crippen LogP contribution in [0.3, 0.4) is 0 Å². The second-order valence-corrected chi connectivity index (χ2v) is 4.23. The lowest BCUT2D eigenvalue weighted by Gasteiger charge is -2.35. The number of rotatable bonds is 4. The van der Waals surface area contributed by atoms with Crippen molar-refractivity contribution >= 4 is 17.7 Å². The molecule has 1 aliphatic heterocycles. The number of hydrogen-bond donors (Lipinski definition) is 0. The standard InChI is InChI=1S/C12H15N3O3/c16-9-8-13-4-6-14(7-5-13)11-2-1-3-12(10-11)15(17)18/h1-3,9-10H,4-8H2. The molecular weight excluding hydrogens is 234 g/mol. The van der Waals surface area contributed by atoms with E-state index in [2.05, 4.69) is 9.80 Å². The normalized spacial score (nSPS) is 16.6. The van der Waals surface area contributed by atoms with E-state index in [-0.39, 0.29) is 10.6 Å². The maximum Gasteiger partial charge on any atom is 0.271 e. The van der Waals surface area contributed by atoms with Gasteiger partial charge in [0.15, 0.2) is 0 Å². The van der Waals surface area contributed by atoms with Crippen molar-refractivity contribution in [1.82, 2.24) is 4.90 Å². The third kappa shape index (κ3) is 2.84. The first-order valence-corrected chi connectivity index (χ1v) is 5.86. The molecule has 0 saturated carbocycles. The Morgan fingerprint density at radius 3 is 2.61 bits per heavy atom. The smallest absolute Gasteiger partial charge is 0.271 e. The number of benzene rings is 1. The van der Waals surface area contributed by atoms with Crippen molar-refractivity contribution in [3.63, 3.8) is 0 Å². The largest absolute Gasteiger partial charge is 0.369 e. The van der Waals surface area contributed by atoms with Gasteiger partial charge >= 0.3 is 0 Å². The van der Waals surface area contributed by atoms with Crippen LogP contribution >= 0.6 is 0 Å². The first-order chi connectivity index (χ1) is 8.70. The van der Waals surface area contributed by atoms with Gasteiger partial charge in [0.05, 0.1) is 11.5 Å². The Labute approximate surface area is 105 Å². The second kappa shape index (κ2) is 5.59. The molecule has 6 heteroatoms. The van der Waals surface area contributed by atoms with Crippen LogP contribution in [-0.2, 0) is 4.79 Å². The van der Waals surface area contributed by atoms with Crippen LogP contribution in [0, 0.1) is 10.1 Å². The van der Waals surface area contributed by atoms with Crippen LogP contribution < -0.4 is 4.90 Å². The van der Waals surface area contributed by atoms with Crippen molar-refractivity contribution in [2.45, 2.75) is 0 Å². The first kappa shape index (κ1) is 12.5. The first-order valence-electron chi connectivity index (χ1n) is 5.86. The summed E-state index contributed by atoms with van der Waals surface area (Å²) >= 11 is 0. The molecule has 0 amide bonds. The quantitative estimate of drug-likeness (QED) is 0.451. The van der Waals surface area contributed by atoms with E-state index in [0.29, 0.717) is 6.54 Å². The van der Waals surface area contributed by atoms with Gasteiger partial charge in [0, 0.05) is 44.0 Å². The number of anilines is 1. The minimum Gasteiger partial charge on any atom is -0.369 e. The molecular formula is C12H15N3O3. The Hall–Kier alpha value is -1.95. The van der Waals surface area contributed by atoms with E-state index in [1.165, 1.54) is 6.07 Å². The van der Waals surface area contributed by atoms with Gasteiger partial charge in [0.25, 0.3) is 5.69 Å². The summed E-state index contributed by atoms with van der Waals surface area (Å²) < 4.78 is 0. The summed E-state index contributed by atoms with van der Waals surface area (Å²) in [5.41, 5.74) is 0.984. The zero-order valence-corrected chi connectivity index (χ0v) is 9.99. The van der Waals surface area contributed by atoms with Gasteiger partial charge in [-0.25, -0.2) is 0 Å². The van der Waals surface area contributed by atoms with Crippen LogP contribution in [0.15, 0.2) is 24.3 Å². The van der Waals surface area contributed by atoms with Gasteiger partial charge in [-0.1, -0.05) is 6.07 Å². The molecule has 0 spiro atoms. The van der Waals surface area contributed by atoms with E-state index in [1.807, 2.05) is 6.07 Å². The van der Waals surface area contributed by atoms with E-state index in [0.717, 1.165) is 38.2 Å². The van der Waals surface area contributed by atoms with Crippen LogP contribution in [0.5, 0.6) is 0 Å². The fraction of sp³-hybridized carbons (Fsp3) is 0.417. The lowest BCUT2D eigenvalue weighted by molar-refractivity contribution is -0.384. The number of nitro benzene ring substituents is 1. The highest BCUT2D eigenvalue weighted by Gasteiger charge is 2.18. The van der Waals surface area contributed by atoms with Crippen molar-refractivity contribution in [1.29, 1.82) is 0 Å². The van der Waals surface area contributed by atoms with Gasteiger partial charge in [-0.3, -0.25) is 15.0 Å². The van der Waals surface area contributed by atoms with Crippen LogP contribution in [-0.4, -0.2) is 48.8 Å². The predicted molar refractivity (Wildman–Crippen MR) is 67.8 cm³/mol. The van der Waals surface area contributed by atoms with Crippen molar-refractivity contribution in [3.8, 4) is 0 Å². The van der Waals surface area contributed by atoms with Gasteiger partial charge in [-0.15, -0.1) is 0 Å². The molecule has 0 aromatic heterocycles. The molecule has 0 aliphatic carbocycles. The summed E-state index contributed by atoms with van der Waals surface area (Å²) in [6, 6.07) is 6.66. The molecule has 0 bridgehead atoms. The third-order valence-corrected chi connectivity index (χ3v) is 3.11. The van der Waals surface area contributed by atoms with Gasteiger partial charge in [0.1, 0.15) is 6.29 Å². The molecule has 2 rings (SSSR count). The number of hydrogen-bond acceptors (Lipinski definition) is 5. The fourth-order valence-electron chi connectivity index (χ4n) is 2.10. The van der Waals surface area contributed by atoms with Gasteiger partial charge in [-0.2, -0.15) is 0 Å². The second-order valence-electron chi connectivity index (χ2n) is 4.23. The summed E-state index contributed by atoms with van der Waals surface area (Å²) in [6.07, 6.45) is 0.906. The molecule has 0 N–H and O–H groups in total. The van der Waals surface area contributed by atoms with E-state index in [4.69, 9.17) is 0 Å². The summed E-state index contributed by atoms with van der Waals surface area (Å²) in [4.78, 5) is 24.9. The lowest BCUT2D eigenvalue weighted by atomic mass is 10.2. The number of aldehydes is 1. The van der Waals surface area contributed by atoms with Crippen molar-refractivity contribution < 1.29 is 9.72 Å². The van der Waals surface area contributed by atoms with Crippen LogP contribution in [0.4, 0.5) is 11.4 Å². The molecule has 1 heterocycles. The van der Waals surface area contributed by atoms with Crippen LogP contribution in [0.1, 0.15) is 0 Å². The fourth-order valence-corrected chi connectivity index (χ4v) is 2.10. The highest BCUT2D eigenvalue weighted by molar-refractivity contribution is 5.54. The summed E-state index contributed by atoms with van der Waals surface area (Å²) in [7, 11) is 0. The zero-order valence-electron chi connectivity index (χ0n) is 9.99. The van der Waals surface area contributed by atoms with Crippen LogP contribution in [0.25, 0.3) is 0 Å². The number of nitro groups is 1. The number of nitrogens with zero attached hydrogens (tertiary/aromatic N) is 3. The Morgan fingerprint density at radius 1 is 1.28 bits per heavy atom. The molecule has 96 valence electrons. The maximum absolute atomic E-state index is 10.7. The predicted octanol–water partition coefficient (Wildman–Crippen LogP) is 0.916. The van der Waals surface area contributed by atoms with Crippen molar-refractivity contribution in [2.24, 2.45) is 0 Å². The highest BCUT2D eigenvalue weighted by atomic mass is 16.6. The molecule has 0 radical (unpaired) electrons. The highest BCUT2D eigenvalue weighted by Crippen LogP contribution is 2.21. The van der Waals surface area contributed by atoms with E-state index >= 15 is 0 Å². The SMILES string of the molecule is O=CCN1CCN(c2cccc([N+](=O)[O-])c2)CC1. The summed E-state index contributed by atoms with van der Waals surface area (Å²) in [5, 5.41) is 10.7. The molecule has 0 atom stereocenters. The Morgan fingerprint density at radius 2 is 2.00 bits per heavy atom. The molecule has 6 nitrogen and oxygen atoms in total. The molecule has 1 aliphatic rings. The molecule has 1 fully saturated rings. The summed E-state index contributed by atoms with van der Waals surface area (Å²) in [6.45, 7) is 3.65. The average Bonchev–Trinajstić information content (AvgIpc) is 2.40. The summed E-state index contributed by atoms with van der Waals surface area (Å²) in [5.74, 6) is 0. The Balaban J connectivity index is 2.03. The average molecular weight is 249 g/mol. The van der Waals surface area contributed by atoms with Crippen LogP contribution in [0.2, 0.25) is 0 Å². The number of carbonyl (C=O) groups is 1. The number of carbonyl (C=O) groups excluding carboxylic acids is 1. The van der Waals surface area contributed by atoms with E-state index < -0.39 is 0 Å². The Kier molecular flexibility index (Phi) is 3.88. The minimum absolute atomic E-state index is 0.114. The lowest BCUT2D eigenvalue weighted by Crippen LogP contribution is -2.46. The molecule has 18 heavy (non-hydrogen) atoms. The van der Waals surface area contributed by atoms with Crippen molar-refractivity contribution in [2.75, 3.05) is 37.6 Å². The molecule has 0 unspecified atom stereocenters. The topological polar surface area (TPSA) is 66.7 Å². The van der Waals surface area contributed by atoms with E-state index in [1.54, 1.807) is 12.1 Å². The number of piperazine rings is 1. The Bertz CT molecular complexity index is 442. The molecule has 1 aromatic rings. The molecule has 1 aromatic carbocycles. The van der Waals surface area contributed by atoms with E-state index in [9.17, 15) is 14.9 Å². The number of non-ortho nitro benzene ring substituents is 1. The van der Waals surface area contributed by atoms with Gasteiger partial charge in [-0.05, 0) is 6.07 Å². The van der Waals surface area contributed by atoms with Crippen molar-refractivity contribution in [3.05, 3.63) is 34.4 Å². The minimum atomic E-state index is -0.383. The monoisotopic (exact) mass is 249 g/mol.